The number of nitrogens with zero attached hydrogens (tertiary/aromatic N) is 2. The number of likely N-dealkylation sites (tertiary alicyclic amines) is 2. The van der Waals surface area contributed by atoms with Crippen LogP contribution >= 0.6 is 0 Å². The quantitative estimate of drug-likeness (QED) is 0.176. The van der Waals surface area contributed by atoms with E-state index in [-0.39, 0.29) is 62.6 Å². The Balaban J connectivity index is 0.000000153. The van der Waals surface area contributed by atoms with Crippen molar-refractivity contribution in [2.24, 2.45) is 23.7 Å². The SMILES string of the molecule is CCCOCCN1C(=O)C2C3C=CC(CO)(O3)C2C1=O.O=C1C2C3C=CC(CO)(O3)C2C(=O)N1CCO. The molecule has 0 spiro atoms. The molecule has 12 nitrogen and oxygen atoms in total. The lowest BCUT2D eigenvalue weighted by molar-refractivity contribution is -0.147. The van der Waals surface area contributed by atoms with Crippen LogP contribution in [0, 0.1) is 23.7 Å². The van der Waals surface area contributed by atoms with Gasteiger partial charge in [0.05, 0.1) is 75.4 Å². The predicted octanol–water partition coefficient (Wildman–Crippen LogP) is -2.01. The standard InChI is InChI=1S/C14H19NO5.C11H13NO5/c1-2-6-19-7-5-15-12(17)10-9-3-4-14(8-16,20-9)11(10)13(15)18;13-4-3-12-9(15)7-6-1-2-11(5-14,17-6)8(7)10(12)16/h3-4,9-11,16H,2,5-8H2,1H3;1-2,6-8,13-14H,3-5H2. The molecule has 4 bridgehead atoms. The number of ether oxygens (including phenoxy) is 3. The topological polar surface area (TPSA) is 163 Å². The molecular formula is C25H32N2O10. The zero-order valence-corrected chi connectivity index (χ0v) is 20.5. The van der Waals surface area contributed by atoms with Gasteiger partial charge in [0.25, 0.3) is 0 Å². The Morgan fingerprint density at radius 1 is 0.784 bits per heavy atom. The van der Waals surface area contributed by atoms with Crippen LogP contribution in [0.4, 0.5) is 0 Å². The van der Waals surface area contributed by atoms with Crippen LogP contribution in [0.5, 0.6) is 0 Å². The molecule has 4 fully saturated rings. The zero-order chi connectivity index (χ0) is 26.5. The lowest BCUT2D eigenvalue weighted by atomic mass is 9.77. The number of aliphatic hydroxyl groups excluding tert-OH is 3. The van der Waals surface area contributed by atoms with Crippen molar-refractivity contribution < 1.29 is 48.7 Å². The number of rotatable bonds is 9. The first kappa shape index (κ1) is 26.1. The van der Waals surface area contributed by atoms with E-state index in [1.807, 2.05) is 6.92 Å². The van der Waals surface area contributed by atoms with Crippen LogP contribution in [0.1, 0.15) is 13.3 Å². The van der Waals surface area contributed by atoms with E-state index >= 15 is 0 Å². The van der Waals surface area contributed by atoms with E-state index in [4.69, 9.17) is 19.3 Å². The molecule has 6 heterocycles. The first-order valence-corrected chi connectivity index (χ1v) is 12.6. The minimum absolute atomic E-state index is 0.0128. The number of β-amino-alcohol motifs (C(OH)–C–C–N with tert-alkyl or cyclic N) is 1. The second kappa shape index (κ2) is 9.68. The summed E-state index contributed by atoms with van der Waals surface area (Å²) >= 11 is 0. The van der Waals surface area contributed by atoms with Crippen LogP contribution in [0.3, 0.4) is 0 Å². The number of imide groups is 2. The van der Waals surface area contributed by atoms with Gasteiger partial charge in [-0.2, -0.15) is 0 Å². The number of hydrogen-bond donors (Lipinski definition) is 3. The molecule has 4 saturated heterocycles. The molecule has 0 aromatic carbocycles. The molecule has 0 aromatic rings. The van der Waals surface area contributed by atoms with Crippen molar-refractivity contribution in [3.8, 4) is 0 Å². The summed E-state index contributed by atoms with van der Waals surface area (Å²) in [6.45, 7) is 2.43. The van der Waals surface area contributed by atoms with Crippen LogP contribution in [-0.4, -0.2) is 118 Å². The summed E-state index contributed by atoms with van der Waals surface area (Å²) in [4.78, 5) is 51.3. The molecule has 0 aliphatic carbocycles. The van der Waals surface area contributed by atoms with E-state index in [0.717, 1.165) is 11.3 Å². The van der Waals surface area contributed by atoms with E-state index in [2.05, 4.69) is 0 Å². The predicted molar refractivity (Wildman–Crippen MR) is 123 cm³/mol. The molecule has 6 aliphatic rings. The van der Waals surface area contributed by atoms with Gasteiger partial charge in [-0.25, -0.2) is 0 Å². The maximum Gasteiger partial charge on any atom is 0.236 e. The van der Waals surface area contributed by atoms with Gasteiger partial charge in [0.15, 0.2) is 0 Å². The molecule has 0 saturated carbocycles. The molecule has 8 unspecified atom stereocenters. The van der Waals surface area contributed by atoms with Crippen LogP contribution in [-0.2, 0) is 33.4 Å². The molecule has 0 radical (unpaired) electrons. The van der Waals surface area contributed by atoms with Crippen molar-refractivity contribution >= 4 is 23.6 Å². The fraction of sp³-hybridized carbons (Fsp3) is 0.680. The Morgan fingerprint density at radius 3 is 1.70 bits per heavy atom. The minimum Gasteiger partial charge on any atom is -0.395 e. The summed E-state index contributed by atoms with van der Waals surface area (Å²) in [5.41, 5.74) is -2.03. The second-order valence-electron chi connectivity index (χ2n) is 10.1. The first-order chi connectivity index (χ1) is 17.8. The van der Waals surface area contributed by atoms with Crippen molar-refractivity contribution in [2.45, 2.75) is 36.8 Å². The highest BCUT2D eigenvalue weighted by Crippen LogP contribution is 2.52. The lowest BCUT2D eigenvalue weighted by Crippen LogP contribution is -2.43. The summed E-state index contributed by atoms with van der Waals surface area (Å²) in [7, 11) is 0. The third-order valence-electron chi connectivity index (χ3n) is 8.12. The number of carbonyl (C=O) groups excluding carboxylic acids is 4. The van der Waals surface area contributed by atoms with Crippen LogP contribution < -0.4 is 0 Å². The fourth-order valence-corrected chi connectivity index (χ4v) is 6.43. The van der Waals surface area contributed by atoms with Gasteiger partial charge < -0.3 is 29.5 Å². The fourth-order valence-electron chi connectivity index (χ4n) is 6.43. The number of fused-ring (bicyclic) bond motifs is 10. The number of aliphatic hydroxyl groups is 3. The molecule has 37 heavy (non-hydrogen) atoms. The summed E-state index contributed by atoms with van der Waals surface area (Å²) in [6.07, 6.45) is 7.00. The maximum atomic E-state index is 12.4. The van der Waals surface area contributed by atoms with E-state index in [1.165, 1.54) is 4.90 Å². The Morgan fingerprint density at radius 2 is 1.27 bits per heavy atom. The third kappa shape index (κ3) is 3.73. The average molecular weight is 521 g/mol. The monoisotopic (exact) mass is 520 g/mol. The van der Waals surface area contributed by atoms with E-state index in [0.29, 0.717) is 13.2 Å². The molecule has 0 aromatic heterocycles. The zero-order valence-electron chi connectivity index (χ0n) is 20.5. The average Bonchev–Trinajstić information content (AvgIpc) is 3.73. The number of hydrogen-bond acceptors (Lipinski definition) is 10. The van der Waals surface area contributed by atoms with Gasteiger partial charge in [-0.3, -0.25) is 29.0 Å². The number of amides is 4. The van der Waals surface area contributed by atoms with Gasteiger partial charge in [0.1, 0.15) is 11.2 Å². The highest BCUT2D eigenvalue weighted by atomic mass is 16.5. The molecule has 202 valence electrons. The largest absolute Gasteiger partial charge is 0.395 e. The Hall–Kier alpha value is -2.48. The van der Waals surface area contributed by atoms with Crippen LogP contribution in [0.25, 0.3) is 0 Å². The van der Waals surface area contributed by atoms with Crippen molar-refractivity contribution in [3.05, 3.63) is 24.3 Å². The smallest absolute Gasteiger partial charge is 0.236 e. The van der Waals surface area contributed by atoms with Crippen molar-refractivity contribution in [2.75, 3.05) is 46.1 Å². The van der Waals surface area contributed by atoms with E-state index < -0.39 is 41.0 Å². The van der Waals surface area contributed by atoms with Gasteiger partial charge in [0.2, 0.25) is 23.6 Å². The van der Waals surface area contributed by atoms with E-state index in [1.54, 1.807) is 24.3 Å². The Labute approximate surface area is 213 Å². The van der Waals surface area contributed by atoms with E-state index in [9.17, 15) is 29.4 Å². The summed E-state index contributed by atoms with van der Waals surface area (Å²) in [5, 5.41) is 27.8. The molecule has 12 heteroatoms. The third-order valence-corrected chi connectivity index (χ3v) is 8.12. The Kier molecular flexibility index (Phi) is 6.84. The first-order valence-electron chi connectivity index (χ1n) is 12.6. The lowest BCUT2D eigenvalue weighted by Gasteiger charge is -2.26. The van der Waals surface area contributed by atoms with Crippen molar-refractivity contribution in [1.29, 1.82) is 0 Å². The van der Waals surface area contributed by atoms with Gasteiger partial charge in [-0.15, -0.1) is 0 Å². The van der Waals surface area contributed by atoms with Crippen molar-refractivity contribution in [1.82, 2.24) is 9.80 Å². The van der Waals surface area contributed by atoms with Gasteiger partial charge >= 0.3 is 0 Å². The van der Waals surface area contributed by atoms with Gasteiger partial charge in [0, 0.05) is 6.61 Å². The minimum atomic E-state index is -1.04. The molecular weight excluding hydrogens is 488 g/mol. The second-order valence-corrected chi connectivity index (χ2v) is 10.1. The molecule has 6 rings (SSSR count). The van der Waals surface area contributed by atoms with Crippen LogP contribution in [0.2, 0.25) is 0 Å². The molecule has 6 aliphatic heterocycles. The van der Waals surface area contributed by atoms with Gasteiger partial charge in [-0.1, -0.05) is 31.2 Å². The highest BCUT2D eigenvalue weighted by molar-refractivity contribution is 6.08. The maximum absolute atomic E-state index is 12.4. The van der Waals surface area contributed by atoms with Gasteiger partial charge in [-0.05, 0) is 6.42 Å². The summed E-state index contributed by atoms with van der Waals surface area (Å²) in [6, 6.07) is 0. The molecule has 4 amide bonds. The normalized spacial score (nSPS) is 40.2. The molecule has 3 N–H and O–H groups in total. The summed E-state index contributed by atoms with van der Waals surface area (Å²) in [5.74, 6) is -3.35. The number of carbonyl (C=O) groups is 4. The highest BCUT2D eigenvalue weighted by Gasteiger charge is 2.68. The Bertz CT molecular complexity index is 1040. The molecule has 8 atom stereocenters. The van der Waals surface area contributed by atoms with Crippen molar-refractivity contribution in [3.63, 3.8) is 0 Å². The summed E-state index contributed by atoms with van der Waals surface area (Å²) < 4.78 is 16.5. The van der Waals surface area contributed by atoms with Crippen LogP contribution in [0.15, 0.2) is 24.3 Å².